The first-order chi connectivity index (χ1) is 6.19. The molecule has 0 aliphatic carbocycles. The molecule has 0 aromatic heterocycles. The van der Waals surface area contributed by atoms with Gasteiger partial charge in [-0.3, -0.25) is 0 Å². The molecule has 0 saturated heterocycles. The molecule has 4 heteroatoms. The zero-order valence-corrected chi connectivity index (χ0v) is 7.98. The number of likely N-dealkylation sites (N-methyl/N-ethyl adjacent to an activating group) is 1. The van der Waals surface area contributed by atoms with Crippen molar-refractivity contribution in [3.63, 3.8) is 0 Å². The van der Waals surface area contributed by atoms with E-state index in [9.17, 15) is 4.39 Å². The van der Waals surface area contributed by atoms with E-state index in [0.29, 0.717) is 5.56 Å². The summed E-state index contributed by atoms with van der Waals surface area (Å²) in [5.41, 5.74) is 0.687. The molecule has 1 aromatic rings. The maximum absolute atomic E-state index is 13.0. The monoisotopic (exact) mass is 203 g/mol. The number of rotatable bonds is 3. The van der Waals surface area contributed by atoms with Gasteiger partial charge in [0.2, 0.25) is 0 Å². The number of aliphatic hydroxyl groups excluding tert-OH is 1. The first kappa shape index (κ1) is 10.4. The lowest BCUT2D eigenvalue weighted by atomic mass is 10.1. The Morgan fingerprint density at radius 1 is 1.62 bits per heavy atom. The van der Waals surface area contributed by atoms with Gasteiger partial charge in [0.25, 0.3) is 0 Å². The van der Waals surface area contributed by atoms with Crippen LogP contribution in [0.4, 0.5) is 4.39 Å². The third-order valence-corrected chi connectivity index (χ3v) is 2.18. The van der Waals surface area contributed by atoms with Crippen LogP contribution in [0.25, 0.3) is 0 Å². The van der Waals surface area contributed by atoms with Crippen LogP contribution in [-0.2, 0) is 0 Å². The lowest BCUT2D eigenvalue weighted by Gasteiger charge is -2.13. The quantitative estimate of drug-likeness (QED) is 0.784. The number of halogens is 2. The van der Waals surface area contributed by atoms with Gasteiger partial charge in [0.05, 0.1) is 17.7 Å². The number of nitrogens with one attached hydrogen (secondary N) is 1. The van der Waals surface area contributed by atoms with Crippen molar-refractivity contribution in [3.05, 3.63) is 34.6 Å². The van der Waals surface area contributed by atoms with Crippen molar-refractivity contribution >= 4 is 11.6 Å². The van der Waals surface area contributed by atoms with Gasteiger partial charge in [-0.25, -0.2) is 4.39 Å². The van der Waals surface area contributed by atoms with E-state index in [4.69, 9.17) is 16.7 Å². The summed E-state index contributed by atoms with van der Waals surface area (Å²) < 4.78 is 13.0. The van der Waals surface area contributed by atoms with Crippen LogP contribution in [0.3, 0.4) is 0 Å². The van der Waals surface area contributed by atoms with Gasteiger partial charge in [-0.15, -0.1) is 0 Å². The highest BCUT2D eigenvalue weighted by molar-refractivity contribution is 6.30. The molecule has 0 unspecified atom stereocenters. The maximum Gasteiger partial charge on any atom is 0.142 e. The molecule has 2 nitrogen and oxygen atoms in total. The van der Waals surface area contributed by atoms with Crippen molar-refractivity contribution < 1.29 is 9.50 Å². The highest BCUT2D eigenvalue weighted by Gasteiger charge is 2.09. The summed E-state index contributed by atoms with van der Waals surface area (Å²) in [6.07, 6.45) is 0. The first-order valence-electron chi connectivity index (χ1n) is 3.92. The normalized spacial score (nSPS) is 12.9. The summed E-state index contributed by atoms with van der Waals surface area (Å²) >= 11 is 5.51. The van der Waals surface area contributed by atoms with Crippen molar-refractivity contribution in [1.82, 2.24) is 5.32 Å². The minimum Gasteiger partial charge on any atom is -0.394 e. The molecule has 1 rings (SSSR count). The lowest BCUT2D eigenvalue weighted by Crippen LogP contribution is -2.19. The molecule has 13 heavy (non-hydrogen) atoms. The second kappa shape index (κ2) is 4.56. The summed E-state index contributed by atoms with van der Waals surface area (Å²) in [6, 6.07) is 4.24. The highest BCUT2D eigenvalue weighted by atomic mass is 35.5. The molecule has 72 valence electrons. The number of benzene rings is 1. The number of aliphatic hydroxyl groups is 1. The van der Waals surface area contributed by atoms with Gasteiger partial charge in [0.15, 0.2) is 0 Å². The van der Waals surface area contributed by atoms with Crippen molar-refractivity contribution in [2.24, 2.45) is 0 Å². The van der Waals surface area contributed by atoms with Crippen LogP contribution in [0, 0.1) is 5.82 Å². The topological polar surface area (TPSA) is 32.3 Å². The average Bonchev–Trinajstić information content (AvgIpc) is 2.13. The Balaban J connectivity index is 2.95. The van der Waals surface area contributed by atoms with E-state index in [1.807, 2.05) is 0 Å². The molecule has 1 aromatic carbocycles. The van der Waals surface area contributed by atoms with Gasteiger partial charge < -0.3 is 10.4 Å². The van der Waals surface area contributed by atoms with Crippen LogP contribution in [0.2, 0.25) is 5.02 Å². The van der Waals surface area contributed by atoms with Crippen LogP contribution in [0.1, 0.15) is 11.6 Å². The molecular weight excluding hydrogens is 193 g/mol. The van der Waals surface area contributed by atoms with E-state index in [2.05, 4.69) is 5.32 Å². The molecule has 0 aliphatic rings. The van der Waals surface area contributed by atoms with Gasteiger partial charge in [-0.1, -0.05) is 17.7 Å². The second-order valence-corrected chi connectivity index (χ2v) is 3.10. The van der Waals surface area contributed by atoms with Crippen molar-refractivity contribution in [1.29, 1.82) is 0 Å². The molecule has 2 N–H and O–H groups in total. The standard InChI is InChI=1S/C9H11ClFNO/c1-12-9(5-13)6-2-3-7(10)8(11)4-6/h2-4,9,12-13H,5H2,1H3/t9-/m1/s1. The van der Waals surface area contributed by atoms with E-state index >= 15 is 0 Å². The SMILES string of the molecule is CN[C@H](CO)c1ccc(Cl)c(F)c1. The third kappa shape index (κ3) is 2.40. The predicted octanol–water partition coefficient (Wildman–Crippen LogP) is 1.73. The average molecular weight is 204 g/mol. The number of hydrogen-bond donors (Lipinski definition) is 2. The van der Waals surface area contributed by atoms with Crippen molar-refractivity contribution in [3.8, 4) is 0 Å². The highest BCUT2D eigenvalue weighted by Crippen LogP contribution is 2.19. The fourth-order valence-electron chi connectivity index (χ4n) is 1.09. The second-order valence-electron chi connectivity index (χ2n) is 2.70. The largest absolute Gasteiger partial charge is 0.394 e. The summed E-state index contributed by atoms with van der Waals surface area (Å²) in [6.45, 7) is -0.0719. The van der Waals surface area contributed by atoms with Gasteiger partial charge in [0.1, 0.15) is 5.82 Å². The van der Waals surface area contributed by atoms with Crippen LogP contribution >= 0.6 is 11.6 Å². The van der Waals surface area contributed by atoms with Crippen molar-refractivity contribution in [2.45, 2.75) is 6.04 Å². The molecule has 0 radical (unpaired) electrons. The van der Waals surface area contributed by atoms with Gasteiger partial charge in [0, 0.05) is 0 Å². The Labute approximate surface area is 81.3 Å². The molecule has 0 amide bonds. The first-order valence-corrected chi connectivity index (χ1v) is 4.30. The molecule has 0 heterocycles. The summed E-state index contributed by atoms with van der Waals surface area (Å²) in [5.74, 6) is -0.465. The van der Waals surface area contributed by atoms with Gasteiger partial charge in [-0.05, 0) is 24.7 Å². The van der Waals surface area contributed by atoms with E-state index in [0.717, 1.165) is 0 Å². The summed E-state index contributed by atoms with van der Waals surface area (Å²) in [7, 11) is 1.70. The van der Waals surface area contributed by atoms with Crippen LogP contribution in [-0.4, -0.2) is 18.8 Å². The van der Waals surface area contributed by atoms with Crippen molar-refractivity contribution in [2.75, 3.05) is 13.7 Å². The Morgan fingerprint density at radius 3 is 2.77 bits per heavy atom. The molecule has 0 aliphatic heterocycles. The van der Waals surface area contributed by atoms with E-state index < -0.39 is 5.82 Å². The summed E-state index contributed by atoms with van der Waals surface area (Å²) in [4.78, 5) is 0. The van der Waals surface area contributed by atoms with Crippen LogP contribution in [0.15, 0.2) is 18.2 Å². The molecule has 1 atom stereocenters. The Bertz CT molecular complexity index is 289. The van der Waals surface area contributed by atoms with Gasteiger partial charge in [-0.2, -0.15) is 0 Å². The smallest absolute Gasteiger partial charge is 0.142 e. The number of hydrogen-bond acceptors (Lipinski definition) is 2. The third-order valence-electron chi connectivity index (χ3n) is 1.88. The minimum atomic E-state index is -0.465. The predicted molar refractivity (Wildman–Crippen MR) is 50.3 cm³/mol. The van der Waals surface area contributed by atoms with Gasteiger partial charge >= 0.3 is 0 Å². The Morgan fingerprint density at radius 2 is 2.31 bits per heavy atom. The maximum atomic E-state index is 13.0. The molecule has 0 fully saturated rings. The Hall–Kier alpha value is -0.640. The zero-order chi connectivity index (χ0) is 9.84. The molecule has 0 bridgehead atoms. The molecule has 0 spiro atoms. The molecule has 0 saturated carbocycles. The summed E-state index contributed by atoms with van der Waals surface area (Å²) in [5, 5.41) is 11.9. The van der Waals surface area contributed by atoms with Crippen LogP contribution in [0.5, 0.6) is 0 Å². The fraction of sp³-hybridized carbons (Fsp3) is 0.333. The van der Waals surface area contributed by atoms with Crippen LogP contribution < -0.4 is 5.32 Å². The minimum absolute atomic E-state index is 0.0719. The van der Waals surface area contributed by atoms with E-state index in [1.165, 1.54) is 12.1 Å². The zero-order valence-electron chi connectivity index (χ0n) is 7.22. The van der Waals surface area contributed by atoms with E-state index in [-0.39, 0.29) is 17.7 Å². The molecular formula is C9H11ClFNO. The van der Waals surface area contributed by atoms with E-state index in [1.54, 1.807) is 13.1 Å². The lowest BCUT2D eigenvalue weighted by molar-refractivity contribution is 0.250. The fourth-order valence-corrected chi connectivity index (χ4v) is 1.21. The Kier molecular flexibility index (Phi) is 3.66.